The van der Waals surface area contributed by atoms with Gasteiger partial charge in [0.1, 0.15) is 5.82 Å². The number of halogens is 3. The van der Waals surface area contributed by atoms with Crippen molar-refractivity contribution in [1.82, 2.24) is 0 Å². The Labute approximate surface area is 88.4 Å². The second-order valence-electron chi connectivity index (χ2n) is 2.49. The van der Waals surface area contributed by atoms with Crippen LogP contribution < -0.4 is 0 Å². The summed E-state index contributed by atoms with van der Waals surface area (Å²) >= 11 is 6.73. The molecule has 0 saturated heterocycles. The van der Waals surface area contributed by atoms with Crippen LogP contribution in [-0.4, -0.2) is 0 Å². The van der Waals surface area contributed by atoms with Crippen molar-refractivity contribution in [2.75, 3.05) is 0 Å². The molecule has 0 nitrogen and oxygen atoms in total. The molecule has 1 aromatic carbocycles. The molecule has 0 heterocycles. The summed E-state index contributed by atoms with van der Waals surface area (Å²) in [4.78, 5) is 0. The molecule has 0 spiro atoms. The van der Waals surface area contributed by atoms with Gasteiger partial charge in [0.05, 0.1) is 0 Å². The van der Waals surface area contributed by atoms with Gasteiger partial charge in [-0.05, 0) is 18.1 Å². The Kier molecular flexibility index (Phi) is 3.72. The second-order valence-corrected chi connectivity index (χ2v) is 3.84. The molecule has 0 aliphatic carbocycles. The van der Waals surface area contributed by atoms with Crippen LogP contribution in [0.25, 0.3) is 0 Å². The maximum absolute atomic E-state index is 13.1. The van der Waals surface area contributed by atoms with E-state index in [9.17, 15) is 4.39 Å². The first kappa shape index (κ1) is 10.2. The van der Waals surface area contributed by atoms with E-state index in [0.717, 1.165) is 20.9 Å². The van der Waals surface area contributed by atoms with Crippen LogP contribution in [0.5, 0.6) is 0 Å². The third kappa shape index (κ3) is 1.88. The van der Waals surface area contributed by atoms with E-state index in [4.69, 9.17) is 0 Å². The fourth-order valence-electron chi connectivity index (χ4n) is 1.07. The van der Waals surface area contributed by atoms with Gasteiger partial charge in [-0.25, -0.2) is 4.39 Å². The molecular formula is C9H9Br2F. The van der Waals surface area contributed by atoms with Crippen molar-refractivity contribution < 1.29 is 4.39 Å². The van der Waals surface area contributed by atoms with Gasteiger partial charge in [0, 0.05) is 15.4 Å². The van der Waals surface area contributed by atoms with Gasteiger partial charge in [0.2, 0.25) is 0 Å². The monoisotopic (exact) mass is 294 g/mol. The Morgan fingerprint density at radius 3 is 2.58 bits per heavy atom. The van der Waals surface area contributed by atoms with Crippen molar-refractivity contribution >= 4 is 31.9 Å². The Hall–Kier alpha value is 0.110. The van der Waals surface area contributed by atoms with Crippen LogP contribution in [0.2, 0.25) is 0 Å². The van der Waals surface area contributed by atoms with E-state index in [2.05, 4.69) is 31.9 Å². The summed E-state index contributed by atoms with van der Waals surface area (Å²) in [6.45, 7) is 1.95. The highest BCUT2D eigenvalue weighted by Crippen LogP contribution is 2.26. The molecule has 1 rings (SSSR count). The van der Waals surface area contributed by atoms with E-state index in [1.807, 2.05) is 6.92 Å². The topological polar surface area (TPSA) is 0 Å². The summed E-state index contributed by atoms with van der Waals surface area (Å²) in [5.41, 5.74) is 1.85. The SMILES string of the molecule is CCc1c(F)ccc(CBr)c1Br. The largest absolute Gasteiger partial charge is 0.207 e. The predicted octanol–water partition coefficient (Wildman–Crippen LogP) is 4.05. The van der Waals surface area contributed by atoms with Gasteiger partial charge < -0.3 is 0 Å². The lowest BCUT2D eigenvalue weighted by molar-refractivity contribution is 0.610. The van der Waals surface area contributed by atoms with Gasteiger partial charge in [0.25, 0.3) is 0 Å². The van der Waals surface area contributed by atoms with Crippen molar-refractivity contribution in [3.8, 4) is 0 Å². The van der Waals surface area contributed by atoms with E-state index < -0.39 is 0 Å². The van der Waals surface area contributed by atoms with Crippen molar-refractivity contribution in [3.05, 3.63) is 33.5 Å². The van der Waals surface area contributed by atoms with E-state index >= 15 is 0 Å². The first-order valence-corrected chi connectivity index (χ1v) is 5.63. The number of hydrogen-bond acceptors (Lipinski definition) is 0. The molecule has 0 N–H and O–H groups in total. The molecule has 0 atom stereocenters. The third-order valence-electron chi connectivity index (χ3n) is 1.76. The summed E-state index contributed by atoms with van der Waals surface area (Å²) in [5.74, 6) is -0.130. The normalized spacial score (nSPS) is 10.3. The van der Waals surface area contributed by atoms with Crippen molar-refractivity contribution in [2.24, 2.45) is 0 Å². The number of hydrogen-bond donors (Lipinski definition) is 0. The van der Waals surface area contributed by atoms with Gasteiger partial charge in [-0.3, -0.25) is 0 Å². The number of alkyl halides is 1. The zero-order chi connectivity index (χ0) is 9.14. The smallest absolute Gasteiger partial charge is 0.127 e. The van der Waals surface area contributed by atoms with Crippen LogP contribution in [0, 0.1) is 5.82 Å². The molecule has 0 fully saturated rings. The summed E-state index contributed by atoms with van der Waals surface area (Å²) in [6.07, 6.45) is 0.716. The lowest BCUT2D eigenvalue weighted by Gasteiger charge is -2.06. The molecule has 0 unspecified atom stereocenters. The van der Waals surface area contributed by atoms with Crippen LogP contribution in [0.3, 0.4) is 0 Å². The Morgan fingerprint density at radius 2 is 2.08 bits per heavy atom. The van der Waals surface area contributed by atoms with Gasteiger partial charge in [-0.2, -0.15) is 0 Å². The molecule has 66 valence electrons. The maximum Gasteiger partial charge on any atom is 0.127 e. The molecule has 3 heteroatoms. The summed E-state index contributed by atoms with van der Waals surface area (Å²) in [6, 6.07) is 3.30. The number of benzene rings is 1. The molecule has 0 saturated carbocycles. The predicted molar refractivity (Wildman–Crippen MR) is 56.1 cm³/mol. The first-order chi connectivity index (χ1) is 5.70. The van der Waals surface area contributed by atoms with E-state index in [1.165, 1.54) is 6.07 Å². The van der Waals surface area contributed by atoms with Gasteiger partial charge in [-0.1, -0.05) is 44.8 Å². The van der Waals surface area contributed by atoms with Crippen molar-refractivity contribution in [3.63, 3.8) is 0 Å². The molecule has 12 heavy (non-hydrogen) atoms. The second kappa shape index (κ2) is 4.38. The van der Waals surface area contributed by atoms with E-state index in [0.29, 0.717) is 6.42 Å². The average Bonchev–Trinajstić information content (AvgIpc) is 2.06. The van der Waals surface area contributed by atoms with E-state index in [1.54, 1.807) is 6.07 Å². The van der Waals surface area contributed by atoms with Crippen LogP contribution >= 0.6 is 31.9 Å². The Bertz CT molecular complexity index is 284. The highest BCUT2D eigenvalue weighted by atomic mass is 79.9. The molecule has 0 aliphatic heterocycles. The van der Waals surface area contributed by atoms with Gasteiger partial charge >= 0.3 is 0 Å². The summed E-state index contributed by atoms with van der Waals surface area (Å²) in [7, 11) is 0. The zero-order valence-corrected chi connectivity index (χ0v) is 9.87. The minimum atomic E-state index is -0.130. The molecule has 0 aliphatic rings. The molecule has 0 aromatic heterocycles. The lowest BCUT2D eigenvalue weighted by Crippen LogP contribution is -1.93. The molecule has 0 radical (unpaired) electrons. The van der Waals surface area contributed by atoms with E-state index in [-0.39, 0.29) is 5.82 Å². The fraction of sp³-hybridized carbons (Fsp3) is 0.333. The lowest BCUT2D eigenvalue weighted by atomic mass is 10.1. The quantitative estimate of drug-likeness (QED) is 0.722. The molecular weight excluding hydrogens is 287 g/mol. The van der Waals surface area contributed by atoms with Crippen molar-refractivity contribution in [1.29, 1.82) is 0 Å². The van der Waals surface area contributed by atoms with Crippen LogP contribution in [-0.2, 0) is 11.8 Å². The third-order valence-corrected chi connectivity index (χ3v) is 3.36. The standard InChI is InChI=1S/C9H9Br2F/c1-2-7-8(12)4-3-6(5-10)9(7)11/h3-4H,2,5H2,1H3. The van der Waals surface area contributed by atoms with Crippen LogP contribution in [0.15, 0.2) is 16.6 Å². The molecule has 0 bridgehead atoms. The Balaban J connectivity index is 3.24. The Morgan fingerprint density at radius 1 is 1.42 bits per heavy atom. The van der Waals surface area contributed by atoms with Crippen LogP contribution in [0.1, 0.15) is 18.1 Å². The minimum Gasteiger partial charge on any atom is -0.207 e. The van der Waals surface area contributed by atoms with Gasteiger partial charge in [-0.15, -0.1) is 0 Å². The first-order valence-electron chi connectivity index (χ1n) is 3.72. The maximum atomic E-state index is 13.1. The fourth-order valence-corrected chi connectivity index (χ4v) is 2.66. The van der Waals surface area contributed by atoms with Crippen LogP contribution in [0.4, 0.5) is 4.39 Å². The average molecular weight is 296 g/mol. The summed E-state index contributed by atoms with van der Waals surface area (Å²) in [5, 5.41) is 0.751. The summed E-state index contributed by atoms with van der Waals surface area (Å²) < 4.78 is 14.0. The van der Waals surface area contributed by atoms with Gasteiger partial charge in [0.15, 0.2) is 0 Å². The minimum absolute atomic E-state index is 0.130. The zero-order valence-electron chi connectivity index (χ0n) is 6.70. The molecule has 1 aromatic rings. The van der Waals surface area contributed by atoms with Crippen molar-refractivity contribution in [2.45, 2.75) is 18.7 Å². The highest BCUT2D eigenvalue weighted by molar-refractivity contribution is 9.10. The number of rotatable bonds is 2. The highest BCUT2D eigenvalue weighted by Gasteiger charge is 2.08. The molecule has 0 amide bonds.